The molecule has 2 aromatic rings. The van der Waals surface area contributed by atoms with Crippen LogP contribution in [0.15, 0.2) is 34.9 Å². The van der Waals surface area contributed by atoms with E-state index in [4.69, 9.17) is 0 Å². The van der Waals surface area contributed by atoms with Crippen molar-refractivity contribution in [2.24, 2.45) is 0 Å². The Morgan fingerprint density at radius 1 is 1.11 bits per heavy atom. The smallest absolute Gasteiger partial charge is 0.148 e. The quantitative estimate of drug-likeness (QED) is 0.921. The molecule has 1 N–H and O–H groups in total. The molecule has 0 radical (unpaired) electrons. The second-order valence-electron chi connectivity index (χ2n) is 4.90. The number of hydrogen-bond acceptors (Lipinski definition) is 4. The molecule has 19 heavy (non-hydrogen) atoms. The number of likely N-dealkylation sites (N-methyl/N-ethyl adjacent to an activating group) is 1. The van der Waals surface area contributed by atoms with Crippen LogP contribution < -0.4 is 5.43 Å². The average molecular weight is 321 g/mol. The van der Waals surface area contributed by atoms with Gasteiger partial charge in [0.1, 0.15) is 5.82 Å². The molecule has 1 aromatic carbocycles. The van der Waals surface area contributed by atoms with Crippen molar-refractivity contribution in [2.45, 2.75) is 0 Å². The van der Waals surface area contributed by atoms with Crippen molar-refractivity contribution in [2.75, 3.05) is 38.7 Å². The molecule has 3 rings (SSSR count). The highest BCUT2D eigenvalue weighted by Crippen LogP contribution is 2.27. The second kappa shape index (κ2) is 5.45. The van der Waals surface area contributed by atoms with E-state index in [2.05, 4.69) is 55.4 Å². The topological polar surface area (TPSA) is 31.4 Å². The number of pyridine rings is 1. The summed E-state index contributed by atoms with van der Waals surface area (Å²) in [5, 5.41) is 4.58. The summed E-state index contributed by atoms with van der Waals surface area (Å²) in [4.78, 5) is 6.81. The summed E-state index contributed by atoms with van der Waals surface area (Å²) >= 11 is 3.59. The molecule has 0 amide bonds. The lowest BCUT2D eigenvalue weighted by molar-refractivity contribution is 0.178. The van der Waals surface area contributed by atoms with E-state index in [1.165, 1.54) is 5.39 Å². The Hall–Kier alpha value is -1.17. The van der Waals surface area contributed by atoms with Crippen LogP contribution in [0.3, 0.4) is 0 Å². The highest BCUT2D eigenvalue weighted by atomic mass is 79.9. The van der Waals surface area contributed by atoms with Crippen molar-refractivity contribution >= 4 is 32.5 Å². The summed E-state index contributed by atoms with van der Waals surface area (Å²) in [7, 11) is 2.16. The van der Waals surface area contributed by atoms with Gasteiger partial charge in [0.15, 0.2) is 0 Å². The zero-order valence-corrected chi connectivity index (χ0v) is 12.5. The Balaban J connectivity index is 1.87. The van der Waals surface area contributed by atoms with Crippen molar-refractivity contribution in [3.63, 3.8) is 0 Å². The Labute approximate surface area is 121 Å². The van der Waals surface area contributed by atoms with E-state index in [0.717, 1.165) is 41.9 Å². The van der Waals surface area contributed by atoms with Crippen LogP contribution in [0.25, 0.3) is 10.8 Å². The number of anilines is 1. The molecule has 1 aliphatic rings. The molecule has 0 unspecified atom stereocenters. The first-order chi connectivity index (χ1) is 9.24. The molecule has 100 valence electrons. The van der Waals surface area contributed by atoms with Gasteiger partial charge in [0.2, 0.25) is 0 Å². The maximum atomic E-state index is 4.47. The first-order valence-corrected chi connectivity index (χ1v) is 7.27. The maximum Gasteiger partial charge on any atom is 0.148 e. The van der Waals surface area contributed by atoms with Gasteiger partial charge in [0.05, 0.1) is 0 Å². The van der Waals surface area contributed by atoms with Crippen molar-refractivity contribution in [3.8, 4) is 0 Å². The van der Waals surface area contributed by atoms with Crippen molar-refractivity contribution in [1.82, 2.24) is 14.9 Å². The van der Waals surface area contributed by atoms with Crippen molar-refractivity contribution in [1.29, 1.82) is 0 Å². The zero-order chi connectivity index (χ0) is 13.2. The van der Waals surface area contributed by atoms with E-state index in [1.807, 2.05) is 18.3 Å². The van der Waals surface area contributed by atoms with Crippen LogP contribution in [-0.2, 0) is 0 Å². The fraction of sp³-hybridized carbons (Fsp3) is 0.357. The maximum absolute atomic E-state index is 4.47. The minimum Gasteiger partial charge on any atom is -0.304 e. The van der Waals surface area contributed by atoms with Gasteiger partial charge >= 0.3 is 0 Å². The average Bonchev–Trinajstić information content (AvgIpc) is 2.43. The minimum absolute atomic E-state index is 0.934. The molecule has 0 aliphatic carbocycles. The largest absolute Gasteiger partial charge is 0.304 e. The number of halogens is 1. The predicted molar refractivity (Wildman–Crippen MR) is 82.1 cm³/mol. The molecule has 0 bridgehead atoms. The van der Waals surface area contributed by atoms with Gasteiger partial charge in [0.25, 0.3) is 0 Å². The highest BCUT2D eigenvalue weighted by molar-refractivity contribution is 9.10. The molecule has 1 aromatic heterocycles. The Morgan fingerprint density at radius 3 is 2.68 bits per heavy atom. The normalized spacial score (nSPS) is 17.8. The molecular formula is C14H17BrN4. The van der Waals surface area contributed by atoms with Crippen LogP contribution in [0.5, 0.6) is 0 Å². The molecule has 4 nitrogen and oxygen atoms in total. The molecular weight excluding hydrogens is 304 g/mol. The Morgan fingerprint density at radius 2 is 1.89 bits per heavy atom. The van der Waals surface area contributed by atoms with Gasteiger partial charge in [0, 0.05) is 47.6 Å². The molecule has 0 spiro atoms. The van der Waals surface area contributed by atoms with E-state index in [-0.39, 0.29) is 0 Å². The summed E-state index contributed by atoms with van der Waals surface area (Å²) in [6.45, 7) is 4.20. The van der Waals surface area contributed by atoms with Crippen LogP contribution in [0.4, 0.5) is 5.82 Å². The third kappa shape index (κ3) is 2.73. The molecule has 5 heteroatoms. The van der Waals surface area contributed by atoms with Gasteiger partial charge < -0.3 is 10.3 Å². The number of piperazine rings is 1. The Bertz CT molecular complexity index is 579. The third-order valence-electron chi connectivity index (χ3n) is 3.52. The monoisotopic (exact) mass is 320 g/mol. The summed E-state index contributed by atoms with van der Waals surface area (Å²) in [5.74, 6) is 0.934. The van der Waals surface area contributed by atoms with Crippen LogP contribution in [-0.4, -0.2) is 48.1 Å². The minimum atomic E-state index is 0.934. The Kier molecular flexibility index (Phi) is 3.68. The van der Waals surface area contributed by atoms with E-state index >= 15 is 0 Å². The van der Waals surface area contributed by atoms with Crippen LogP contribution in [0.1, 0.15) is 0 Å². The van der Waals surface area contributed by atoms with Gasteiger partial charge in [-0.1, -0.05) is 28.1 Å². The van der Waals surface area contributed by atoms with Gasteiger partial charge in [-0.2, -0.15) is 0 Å². The first kappa shape index (κ1) is 12.8. The van der Waals surface area contributed by atoms with Crippen LogP contribution in [0.2, 0.25) is 0 Å². The molecule has 0 atom stereocenters. The van der Waals surface area contributed by atoms with Gasteiger partial charge in [-0.25, -0.2) is 9.99 Å². The van der Waals surface area contributed by atoms with Crippen LogP contribution >= 0.6 is 15.9 Å². The molecule has 2 heterocycles. The first-order valence-electron chi connectivity index (χ1n) is 6.47. The van der Waals surface area contributed by atoms with Crippen LogP contribution in [0, 0.1) is 0 Å². The number of fused-ring (bicyclic) bond motifs is 1. The second-order valence-corrected chi connectivity index (χ2v) is 5.75. The third-order valence-corrected chi connectivity index (χ3v) is 4.21. The molecule has 0 saturated carbocycles. The van der Waals surface area contributed by atoms with E-state index in [9.17, 15) is 0 Å². The van der Waals surface area contributed by atoms with E-state index in [0.29, 0.717) is 0 Å². The summed E-state index contributed by atoms with van der Waals surface area (Å²) in [6.07, 6.45) is 1.85. The van der Waals surface area contributed by atoms with Gasteiger partial charge in [-0.05, 0) is 19.2 Å². The molecule has 1 aliphatic heterocycles. The fourth-order valence-electron chi connectivity index (χ4n) is 2.33. The van der Waals surface area contributed by atoms with E-state index in [1.54, 1.807) is 0 Å². The van der Waals surface area contributed by atoms with Crippen molar-refractivity contribution in [3.05, 3.63) is 34.9 Å². The molecule has 1 saturated heterocycles. The number of benzene rings is 1. The lowest BCUT2D eigenvalue weighted by Crippen LogP contribution is -2.47. The van der Waals surface area contributed by atoms with Gasteiger partial charge in [-0.15, -0.1) is 0 Å². The predicted octanol–water partition coefficient (Wildman–Crippen LogP) is 2.57. The zero-order valence-electron chi connectivity index (χ0n) is 10.9. The summed E-state index contributed by atoms with van der Waals surface area (Å²) < 4.78 is 1.11. The van der Waals surface area contributed by atoms with Crippen molar-refractivity contribution < 1.29 is 0 Å². The van der Waals surface area contributed by atoms with E-state index < -0.39 is 0 Å². The summed E-state index contributed by atoms with van der Waals surface area (Å²) in [5.41, 5.74) is 3.45. The van der Waals surface area contributed by atoms with Gasteiger partial charge in [-0.3, -0.25) is 0 Å². The number of nitrogens with zero attached hydrogens (tertiary/aromatic N) is 3. The number of nitrogens with one attached hydrogen (secondary N) is 1. The number of hydrogen-bond donors (Lipinski definition) is 1. The summed E-state index contributed by atoms with van der Waals surface area (Å²) in [6, 6.07) is 8.24. The number of aromatic nitrogens is 1. The SMILES string of the molecule is CN1CCN(Nc2nccc3c(Br)cccc23)CC1. The number of rotatable bonds is 2. The standard InChI is InChI=1S/C14H17BrN4/c1-18-7-9-19(10-8-18)17-14-12-3-2-4-13(15)11(12)5-6-16-14/h2-6H,7-10H2,1H3,(H,16,17). The number of hydrazine groups is 1. The lowest BCUT2D eigenvalue weighted by Gasteiger charge is -2.32. The highest BCUT2D eigenvalue weighted by Gasteiger charge is 2.15. The fourth-order valence-corrected chi connectivity index (χ4v) is 2.82. The lowest BCUT2D eigenvalue weighted by atomic mass is 10.1. The molecule has 1 fully saturated rings.